The Bertz CT molecular complexity index is 866. The number of hydrogen-bond acceptors (Lipinski definition) is 3. The van der Waals surface area contributed by atoms with Gasteiger partial charge in [0.25, 0.3) is 10.0 Å². The Balaban J connectivity index is 2.14. The van der Waals surface area contributed by atoms with Crippen molar-refractivity contribution in [3.63, 3.8) is 0 Å². The van der Waals surface area contributed by atoms with E-state index in [1.165, 1.54) is 11.4 Å². The number of rotatable bonds is 3. The minimum atomic E-state index is -3.67. The maximum absolute atomic E-state index is 13.3. The standard InChI is InChI=1S/C19H23NO3S/c1-19(2,3)15-9-10-17(23-4)18(13-15)24(21,22)20-12-11-14-7-5-6-8-16(14)20/h5-10,13H,11-12H2,1-4H3. The molecule has 1 heterocycles. The van der Waals surface area contributed by atoms with Crippen LogP contribution in [0.1, 0.15) is 31.9 Å². The lowest BCUT2D eigenvalue weighted by molar-refractivity contribution is 0.401. The van der Waals surface area contributed by atoms with Gasteiger partial charge >= 0.3 is 0 Å². The van der Waals surface area contributed by atoms with Crippen LogP contribution in [0.4, 0.5) is 5.69 Å². The van der Waals surface area contributed by atoms with Crippen molar-refractivity contribution in [1.29, 1.82) is 0 Å². The molecule has 0 amide bonds. The molecular weight excluding hydrogens is 322 g/mol. The molecular formula is C19H23NO3S. The second-order valence-corrected chi connectivity index (χ2v) is 8.90. The second kappa shape index (κ2) is 5.81. The summed E-state index contributed by atoms with van der Waals surface area (Å²) in [5.74, 6) is 0.382. The summed E-state index contributed by atoms with van der Waals surface area (Å²) in [6.45, 7) is 6.66. The third kappa shape index (κ3) is 2.77. The van der Waals surface area contributed by atoms with Gasteiger partial charge in [0, 0.05) is 6.54 Å². The van der Waals surface area contributed by atoms with Crippen LogP contribution < -0.4 is 9.04 Å². The van der Waals surface area contributed by atoms with Crippen molar-refractivity contribution in [2.75, 3.05) is 18.0 Å². The summed E-state index contributed by atoms with van der Waals surface area (Å²) < 4.78 is 33.4. The summed E-state index contributed by atoms with van der Waals surface area (Å²) in [4.78, 5) is 0.231. The van der Waals surface area contributed by atoms with Gasteiger partial charge in [0.05, 0.1) is 12.8 Å². The molecule has 5 heteroatoms. The van der Waals surface area contributed by atoms with Crippen molar-refractivity contribution in [3.05, 3.63) is 53.6 Å². The van der Waals surface area contributed by atoms with Gasteiger partial charge in [-0.3, -0.25) is 4.31 Å². The first-order valence-corrected chi connectivity index (χ1v) is 9.48. The third-order valence-corrected chi connectivity index (χ3v) is 6.28. The molecule has 2 aromatic rings. The monoisotopic (exact) mass is 345 g/mol. The normalized spacial score (nSPS) is 14.6. The van der Waals surface area contributed by atoms with E-state index in [0.29, 0.717) is 12.3 Å². The van der Waals surface area contributed by atoms with E-state index in [0.717, 1.165) is 23.2 Å². The maximum Gasteiger partial charge on any atom is 0.268 e. The fraction of sp³-hybridized carbons (Fsp3) is 0.368. The van der Waals surface area contributed by atoms with Crippen LogP contribution in [0, 0.1) is 0 Å². The highest BCUT2D eigenvalue weighted by Crippen LogP contribution is 2.37. The zero-order valence-electron chi connectivity index (χ0n) is 14.5. The molecule has 0 aliphatic carbocycles. The molecule has 1 aliphatic heterocycles. The van der Waals surface area contributed by atoms with Gasteiger partial charge in [0.1, 0.15) is 10.6 Å². The quantitative estimate of drug-likeness (QED) is 0.851. The lowest BCUT2D eigenvalue weighted by Crippen LogP contribution is -2.29. The number of ether oxygens (including phenoxy) is 1. The number of fused-ring (bicyclic) bond motifs is 1. The Morgan fingerprint density at radius 2 is 1.79 bits per heavy atom. The summed E-state index contributed by atoms with van der Waals surface area (Å²) in [7, 11) is -2.17. The molecule has 0 atom stereocenters. The summed E-state index contributed by atoms with van der Waals surface area (Å²) in [5.41, 5.74) is 2.65. The van der Waals surface area contributed by atoms with Crippen LogP contribution in [0.2, 0.25) is 0 Å². The van der Waals surface area contributed by atoms with E-state index in [4.69, 9.17) is 4.74 Å². The zero-order chi connectivity index (χ0) is 17.5. The Hall–Kier alpha value is -2.01. The molecule has 0 spiro atoms. The van der Waals surface area contributed by atoms with Crippen LogP contribution in [0.25, 0.3) is 0 Å². The van der Waals surface area contributed by atoms with Crippen molar-refractivity contribution in [1.82, 2.24) is 0 Å². The summed E-state index contributed by atoms with van der Waals surface area (Å²) in [6.07, 6.45) is 0.733. The van der Waals surface area contributed by atoms with Crippen LogP contribution in [0.3, 0.4) is 0 Å². The van der Waals surface area contributed by atoms with Gasteiger partial charge in [-0.25, -0.2) is 8.42 Å². The second-order valence-electron chi connectivity index (χ2n) is 7.07. The smallest absolute Gasteiger partial charge is 0.268 e. The van der Waals surface area contributed by atoms with Crippen LogP contribution >= 0.6 is 0 Å². The SMILES string of the molecule is COc1ccc(C(C)(C)C)cc1S(=O)(=O)N1CCc2ccccc21. The number of para-hydroxylation sites is 1. The van der Waals surface area contributed by atoms with E-state index in [1.807, 2.05) is 30.3 Å². The molecule has 4 nitrogen and oxygen atoms in total. The lowest BCUT2D eigenvalue weighted by Gasteiger charge is -2.24. The highest BCUT2D eigenvalue weighted by Gasteiger charge is 2.33. The predicted molar refractivity (Wildman–Crippen MR) is 96.4 cm³/mol. The zero-order valence-corrected chi connectivity index (χ0v) is 15.4. The molecule has 1 aliphatic rings. The number of methoxy groups -OCH3 is 1. The summed E-state index contributed by atoms with van der Waals surface area (Å²) >= 11 is 0. The molecule has 0 aromatic heterocycles. The van der Waals surface area contributed by atoms with E-state index in [-0.39, 0.29) is 10.3 Å². The first-order valence-electron chi connectivity index (χ1n) is 8.04. The number of benzene rings is 2. The highest BCUT2D eigenvalue weighted by atomic mass is 32.2. The van der Waals surface area contributed by atoms with Crippen molar-refractivity contribution in [3.8, 4) is 5.75 Å². The van der Waals surface area contributed by atoms with Crippen LogP contribution in [-0.4, -0.2) is 22.1 Å². The van der Waals surface area contributed by atoms with Crippen LogP contribution in [0.15, 0.2) is 47.4 Å². The average Bonchev–Trinajstić information content (AvgIpc) is 2.98. The molecule has 0 saturated heterocycles. The van der Waals surface area contributed by atoms with Crippen molar-refractivity contribution >= 4 is 15.7 Å². The van der Waals surface area contributed by atoms with Crippen LogP contribution in [-0.2, 0) is 21.9 Å². The number of anilines is 1. The molecule has 2 aromatic carbocycles. The lowest BCUT2D eigenvalue weighted by atomic mass is 9.87. The number of sulfonamides is 1. The maximum atomic E-state index is 13.3. The Labute approximate surface area is 144 Å². The number of nitrogens with zero attached hydrogens (tertiary/aromatic N) is 1. The van der Waals surface area contributed by atoms with E-state index >= 15 is 0 Å². The summed E-state index contributed by atoms with van der Waals surface area (Å²) in [5, 5.41) is 0. The van der Waals surface area contributed by atoms with Gasteiger partial charge in [-0.1, -0.05) is 45.0 Å². The highest BCUT2D eigenvalue weighted by molar-refractivity contribution is 7.93. The van der Waals surface area contributed by atoms with Gasteiger partial charge in [0.2, 0.25) is 0 Å². The Kier molecular flexibility index (Phi) is 4.08. The van der Waals surface area contributed by atoms with Crippen molar-refractivity contribution in [2.24, 2.45) is 0 Å². The van der Waals surface area contributed by atoms with E-state index in [2.05, 4.69) is 20.8 Å². The molecule has 24 heavy (non-hydrogen) atoms. The van der Waals surface area contributed by atoms with Gasteiger partial charge in [-0.15, -0.1) is 0 Å². The Morgan fingerprint density at radius 1 is 1.08 bits per heavy atom. The fourth-order valence-corrected chi connectivity index (χ4v) is 4.71. The molecule has 3 rings (SSSR count). The Morgan fingerprint density at radius 3 is 2.46 bits per heavy atom. The first-order chi connectivity index (χ1) is 11.2. The largest absolute Gasteiger partial charge is 0.495 e. The van der Waals surface area contributed by atoms with Gasteiger partial charge < -0.3 is 4.74 Å². The molecule has 0 unspecified atom stereocenters. The van der Waals surface area contributed by atoms with Crippen LogP contribution in [0.5, 0.6) is 5.75 Å². The average molecular weight is 345 g/mol. The predicted octanol–water partition coefficient (Wildman–Crippen LogP) is 3.74. The molecule has 0 saturated carbocycles. The molecule has 0 bridgehead atoms. The molecule has 0 fully saturated rings. The molecule has 0 N–H and O–H groups in total. The van der Waals surface area contributed by atoms with E-state index in [1.54, 1.807) is 12.1 Å². The first kappa shape index (κ1) is 16.8. The fourth-order valence-electron chi connectivity index (χ4n) is 3.02. The summed E-state index contributed by atoms with van der Waals surface area (Å²) in [6, 6.07) is 13.1. The van der Waals surface area contributed by atoms with Crippen molar-refractivity contribution in [2.45, 2.75) is 37.5 Å². The van der Waals surface area contributed by atoms with E-state index in [9.17, 15) is 8.42 Å². The molecule has 0 radical (unpaired) electrons. The van der Waals surface area contributed by atoms with E-state index < -0.39 is 10.0 Å². The van der Waals surface area contributed by atoms with Crippen molar-refractivity contribution < 1.29 is 13.2 Å². The minimum absolute atomic E-state index is 0.139. The van der Waals surface area contributed by atoms with Gasteiger partial charge in [0.15, 0.2) is 0 Å². The molecule has 128 valence electrons. The topological polar surface area (TPSA) is 46.6 Å². The third-order valence-electron chi connectivity index (χ3n) is 4.44. The van der Waals surface area contributed by atoms with Gasteiger partial charge in [-0.2, -0.15) is 0 Å². The minimum Gasteiger partial charge on any atom is -0.495 e. The number of hydrogen-bond donors (Lipinski definition) is 0. The van der Waals surface area contributed by atoms with Gasteiger partial charge in [-0.05, 0) is 41.2 Å².